The number of rotatable bonds is 4. The minimum absolute atomic E-state index is 0.656. The van der Waals surface area contributed by atoms with Crippen molar-refractivity contribution in [3.05, 3.63) is 18.1 Å². The SMILES string of the molecule is c1c(C2CC2)nn2cnnc2c1N1CCC(CN2CCCC2)CC1. The summed E-state index contributed by atoms with van der Waals surface area (Å²) in [6.07, 6.45) is 9.66. The number of hydrogen-bond acceptors (Lipinski definition) is 5. The van der Waals surface area contributed by atoms with Crippen molar-refractivity contribution in [2.75, 3.05) is 37.6 Å². The van der Waals surface area contributed by atoms with Crippen LogP contribution in [0.2, 0.25) is 0 Å². The van der Waals surface area contributed by atoms with Gasteiger partial charge in [0, 0.05) is 25.6 Å². The zero-order chi connectivity index (χ0) is 15.9. The van der Waals surface area contributed by atoms with E-state index in [0.717, 1.165) is 24.7 Å². The fourth-order valence-corrected chi connectivity index (χ4v) is 4.33. The van der Waals surface area contributed by atoms with Gasteiger partial charge in [-0.25, -0.2) is 0 Å². The Kier molecular flexibility index (Phi) is 3.65. The van der Waals surface area contributed by atoms with Gasteiger partial charge in [-0.2, -0.15) is 9.61 Å². The van der Waals surface area contributed by atoms with Crippen LogP contribution in [0.15, 0.2) is 12.4 Å². The zero-order valence-corrected chi connectivity index (χ0v) is 14.3. The van der Waals surface area contributed by atoms with Crippen LogP contribution in [0.25, 0.3) is 5.65 Å². The van der Waals surface area contributed by atoms with E-state index >= 15 is 0 Å². The normalized spacial score (nSPS) is 23.4. The number of piperidine rings is 1. The number of likely N-dealkylation sites (tertiary alicyclic amines) is 1. The van der Waals surface area contributed by atoms with Crippen molar-refractivity contribution >= 4 is 11.3 Å². The maximum atomic E-state index is 4.69. The third kappa shape index (κ3) is 2.77. The molecule has 1 saturated carbocycles. The molecule has 0 spiro atoms. The Morgan fingerprint density at radius 1 is 1.00 bits per heavy atom. The van der Waals surface area contributed by atoms with Gasteiger partial charge < -0.3 is 9.80 Å². The van der Waals surface area contributed by atoms with Crippen molar-refractivity contribution in [2.45, 2.75) is 44.4 Å². The molecule has 24 heavy (non-hydrogen) atoms. The van der Waals surface area contributed by atoms with Crippen LogP contribution < -0.4 is 4.90 Å². The van der Waals surface area contributed by atoms with E-state index in [1.807, 2.05) is 4.52 Å². The van der Waals surface area contributed by atoms with Crippen molar-refractivity contribution in [1.29, 1.82) is 0 Å². The number of hydrogen-bond donors (Lipinski definition) is 0. The largest absolute Gasteiger partial charge is 0.368 e. The molecule has 128 valence electrons. The van der Waals surface area contributed by atoms with Gasteiger partial charge in [0.2, 0.25) is 5.65 Å². The first-order chi connectivity index (χ1) is 11.9. The molecule has 3 fully saturated rings. The first-order valence-corrected chi connectivity index (χ1v) is 9.55. The van der Waals surface area contributed by atoms with Crippen LogP contribution >= 0.6 is 0 Å². The Hall–Kier alpha value is -1.69. The van der Waals surface area contributed by atoms with Crippen LogP contribution in [-0.4, -0.2) is 57.4 Å². The van der Waals surface area contributed by atoms with Gasteiger partial charge in [-0.05, 0) is 63.6 Å². The molecule has 4 heterocycles. The third-order valence-electron chi connectivity index (χ3n) is 5.93. The molecular formula is C18H26N6. The van der Waals surface area contributed by atoms with Gasteiger partial charge in [0.05, 0.1) is 11.4 Å². The molecule has 2 aromatic rings. The highest BCUT2D eigenvalue weighted by Crippen LogP contribution is 2.40. The highest BCUT2D eigenvalue weighted by Gasteiger charge is 2.29. The van der Waals surface area contributed by atoms with Crippen LogP contribution in [0.1, 0.15) is 50.1 Å². The average molecular weight is 326 g/mol. The quantitative estimate of drug-likeness (QED) is 0.863. The molecule has 3 aliphatic rings. The highest BCUT2D eigenvalue weighted by atomic mass is 15.4. The van der Waals surface area contributed by atoms with Crippen LogP contribution in [-0.2, 0) is 0 Å². The second-order valence-electron chi connectivity index (χ2n) is 7.77. The van der Waals surface area contributed by atoms with Gasteiger partial charge in [0.15, 0.2) is 0 Å². The summed E-state index contributed by atoms with van der Waals surface area (Å²) in [5.74, 6) is 1.52. The van der Waals surface area contributed by atoms with E-state index in [4.69, 9.17) is 5.10 Å². The maximum absolute atomic E-state index is 4.69. The monoisotopic (exact) mass is 326 g/mol. The third-order valence-corrected chi connectivity index (χ3v) is 5.93. The Labute approximate surface area is 142 Å². The molecule has 0 radical (unpaired) electrons. The van der Waals surface area contributed by atoms with Crippen LogP contribution in [0, 0.1) is 5.92 Å². The molecule has 6 heteroatoms. The van der Waals surface area contributed by atoms with Crippen LogP contribution in [0.5, 0.6) is 0 Å². The van der Waals surface area contributed by atoms with Gasteiger partial charge in [-0.15, -0.1) is 10.2 Å². The molecule has 0 aromatic carbocycles. The van der Waals surface area contributed by atoms with Crippen LogP contribution in [0.4, 0.5) is 5.69 Å². The number of nitrogens with zero attached hydrogens (tertiary/aromatic N) is 6. The lowest BCUT2D eigenvalue weighted by atomic mass is 9.96. The molecule has 0 atom stereocenters. The van der Waals surface area contributed by atoms with Crippen molar-refractivity contribution in [3.63, 3.8) is 0 Å². The summed E-state index contributed by atoms with van der Waals surface area (Å²) in [5.41, 5.74) is 3.37. The topological polar surface area (TPSA) is 49.6 Å². The van der Waals surface area contributed by atoms with E-state index in [9.17, 15) is 0 Å². The lowest BCUT2D eigenvalue weighted by Crippen LogP contribution is -2.38. The minimum atomic E-state index is 0.656. The summed E-state index contributed by atoms with van der Waals surface area (Å²) in [6.45, 7) is 6.20. The van der Waals surface area contributed by atoms with Crippen molar-refractivity contribution in [2.24, 2.45) is 5.92 Å². The first kappa shape index (κ1) is 14.6. The van der Waals surface area contributed by atoms with E-state index in [-0.39, 0.29) is 0 Å². The fourth-order valence-electron chi connectivity index (χ4n) is 4.33. The second-order valence-corrected chi connectivity index (χ2v) is 7.77. The lowest BCUT2D eigenvalue weighted by molar-refractivity contribution is 0.249. The summed E-state index contributed by atoms with van der Waals surface area (Å²) in [7, 11) is 0. The van der Waals surface area contributed by atoms with E-state index in [2.05, 4.69) is 26.1 Å². The molecule has 0 N–H and O–H groups in total. The zero-order valence-electron chi connectivity index (χ0n) is 14.3. The first-order valence-electron chi connectivity index (χ1n) is 9.55. The molecule has 6 nitrogen and oxygen atoms in total. The Bertz CT molecular complexity index is 707. The molecule has 0 bridgehead atoms. The van der Waals surface area contributed by atoms with Crippen molar-refractivity contribution < 1.29 is 0 Å². The predicted molar refractivity (Wildman–Crippen MR) is 93.4 cm³/mol. The van der Waals surface area contributed by atoms with Gasteiger partial charge in [0.1, 0.15) is 6.33 Å². The standard InChI is InChI=1S/C18H26N6/c1-2-8-22(7-1)12-14-5-9-23(10-6-14)17-11-16(15-3-4-15)21-24-13-19-20-18(17)24/h11,13-15H,1-10,12H2. The maximum Gasteiger partial charge on any atom is 0.200 e. The van der Waals surface area contributed by atoms with Crippen molar-refractivity contribution in [1.82, 2.24) is 24.7 Å². The van der Waals surface area contributed by atoms with E-state index in [1.54, 1.807) is 6.33 Å². The molecule has 2 saturated heterocycles. The van der Waals surface area contributed by atoms with E-state index in [1.165, 1.54) is 69.5 Å². The summed E-state index contributed by atoms with van der Waals surface area (Å²) < 4.78 is 1.87. The molecule has 0 unspecified atom stereocenters. The number of aromatic nitrogens is 4. The van der Waals surface area contributed by atoms with E-state index < -0.39 is 0 Å². The number of anilines is 1. The Morgan fingerprint density at radius 3 is 2.54 bits per heavy atom. The average Bonchev–Trinajstić information content (AvgIpc) is 3.13. The summed E-state index contributed by atoms with van der Waals surface area (Å²) in [6, 6.07) is 2.28. The smallest absolute Gasteiger partial charge is 0.200 e. The predicted octanol–water partition coefficient (Wildman–Crippen LogP) is 2.31. The minimum Gasteiger partial charge on any atom is -0.368 e. The van der Waals surface area contributed by atoms with E-state index in [0.29, 0.717) is 5.92 Å². The molecule has 5 rings (SSSR count). The highest BCUT2D eigenvalue weighted by molar-refractivity contribution is 5.68. The Balaban J connectivity index is 1.32. The lowest BCUT2D eigenvalue weighted by Gasteiger charge is -2.35. The van der Waals surface area contributed by atoms with Gasteiger partial charge in [-0.3, -0.25) is 0 Å². The van der Waals surface area contributed by atoms with Crippen LogP contribution in [0.3, 0.4) is 0 Å². The summed E-state index contributed by atoms with van der Waals surface area (Å²) in [5, 5.41) is 13.1. The molecule has 2 aromatic heterocycles. The molecular weight excluding hydrogens is 300 g/mol. The molecule has 1 aliphatic carbocycles. The van der Waals surface area contributed by atoms with Gasteiger partial charge in [0.25, 0.3) is 0 Å². The summed E-state index contributed by atoms with van der Waals surface area (Å²) >= 11 is 0. The second kappa shape index (κ2) is 5.99. The Morgan fingerprint density at radius 2 is 1.79 bits per heavy atom. The molecule has 0 amide bonds. The fraction of sp³-hybridized carbons (Fsp3) is 0.722. The summed E-state index contributed by atoms with van der Waals surface area (Å²) in [4.78, 5) is 5.17. The van der Waals surface area contributed by atoms with Gasteiger partial charge >= 0.3 is 0 Å². The molecule has 2 aliphatic heterocycles. The van der Waals surface area contributed by atoms with Crippen molar-refractivity contribution in [3.8, 4) is 0 Å². The van der Waals surface area contributed by atoms with Gasteiger partial charge in [-0.1, -0.05) is 0 Å². The number of fused-ring (bicyclic) bond motifs is 1.